The van der Waals surface area contributed by atoms with Crippen LogP contribution in [0, 0.1) is 17.8 Å². The average molecular weight is 292 g/mol. The van der Waals surface area contributed by atoms with Gasteiger partial charge in [-0.2, -0.15) is 0 Å². The molecule has 21 heavy (non-hydrogen) atoms. The normalized spacial score (nSPS) is 35.5. The van der Waals surface area contributed by atoms with Crippen molar-refractivity contribution in [2.45, 2.75) is 77.3 Å². The fourth-order valence-electron chi connectivity index (χ4n) is 5.06. The van der Waals surface area contributed by atoms with E-state index in [0.29, 0.717) is 11.9 Å². The molecule has 0 aromatic heterocycles. The molecule has 1 saturated heterocycles. The third-order valence-electron chi connectivity index (χ3n) is 6.24. The predicted octanol–water partition coefficient (Wildman–Crippen LogP) is 3.19. The van der Waals surface area contributed by atoms with E-state index in [2.05, 4.69) is 24.1 Å². The van der Waals surface area contributed by atoms with E-state index in [0.717, 1.165) is 30.8 Å². The van der Waals surface area contributed by atoms with E-state index in [1.807, 2.05) is 0 Å². The van der Waals surface area contributed by atoms with Crippen LogP contribution in [0.3, 0.4) is 0 Å². The minimum Gasteiger partial charge on any atom is -0.341 e. The van der Waals surface area contributed by atoms with Crippen molar-refractivity contribution in [2.24, 2.45) is 17.8 Å². The molecule has 3 heteroatoms. The number of fused-ring (bicyclic) bond motifs is 2. The number of nitrogens with one attached hydrogen (secondary N) is 1. The van der Waals surface area contributed by atoms with Crippen LogP contribution in [-0.2, 0) is 4.79 Å². The summed E-state index contributed by atoms with van der Waals surface area (Å²) in [6, 6.07) is 0.475. The van der Waals surface area contributed by atoms with Gasteiger partial charge in [-0.3, -0.25) is 4.79 Å². The smallest absolute Gasteiger partial charge is 0.239 e. The SMILES string of the molecule is CC(NC(C)C1CC2CCC1C2)C(=O)N1CCCCCC1. The van der Waals surface area contributed by atoms with Crippen molar-refractivity contribution >= 4 is 5.91 Å². The lowest BCUT2D eigenvalue weighted by Crippen LogP contribution is -2.50. The Morgan fingerprint density at radius 1 is 1.05 bits per heavy atom. The van der Waals surface area contributed by atoms with Crippen LogP contribution in [0.5, 0.6) is 0 Å². The number of carbonyl (C=O) groups excluding carboxylic acids is 1. The molecule has 3 fully saturated rings. The first-order valence-electron chi connectivity index (χ1n) is 9.20. The number of nitrogens with zero attached hydrogens (tertiary/aromatic N) is 1. The average Bonchev–Trinajstić information content (AvgIpc) is 3.01. The number of hydrogen-bond donors (Lipinski definition) is 1. The molecule has 1 amide bonds. The van der Waals surface area contributed by atoms with Gasteiger partial charge >= 0.3 is 0 Å². The van der Waals surface area contributed by atoms with Gasteiger partial charge in [0.1, 0.15) is 0 Å². The molecular formula is C18H32N2O. The third kappa shape index (κ3) is 3.44. The monoisotopic (exact) mass is 292 g/mol. The topological polar surface area (TPSA) is 32.3 Å². The van der Waals surface area contributed by atoms with E-state index in [-0.39, 0.29) is 6.04 Å². The molecule has 0 aromatic rings. The molecule has 1 N–H and O–H groups in total. The first-order valence-corrected chi connectivity index (χ1v) is 9.20. The highest BCUT2D eigenvalue weighted by atomic mass is 16.2. The highest BCUT2D eigenvalue weighted by Gasteiger charge is 2.42. The molecule has 2 aliphatic carbocycles. The zero-order chi connectivity index (χ0) is 14.8. The Morgan fingerprint density at radius 2 is 1.76 bits per heavy atom. The number of likely N-dealkylation sites (tertiary alicyclic amines) is 1. The van der Waals surface area contributed by atoms with Crippen LogP contribution in [0.15, 0.2) is 0 Å². The van der Waals surface area contributed by atoms with E-state index >= 15 is 0 Å². The molecule has 2 saturated carbocycles. The van der Waals surface area contributed by atoms with Gasteiger partial charge in [0.05, 0.1) is 6.04 Å². The summed E-state index contributed by atoms with van der Waals surface area (Å²) in [7, 11) is 0. The van der Waals surface area contributed by atoms with Crippen LogP contribution in [0.1, 0.15) is 65.2 Å². The molecule has 0 aromatic carbocycles. The molecule has 5 atom stereocenters. The largest absolute Gasteiger partial charge is 0.341 e. The van der Waals surface area contributed by atoms with Gasteiger partial charge in [-0.1, -0.05) is 19.3 Å². The summed E-state index contributed by atoms with van der Waals surface area (Å²) in [6.45, 7) is 6.30. The van der Waals surface area contributed by atoms with Crippen LogP contribution in [0.2, 0.25) is 0 Å². The summed E-state index contributed by atoms with van der Waals surface area (Å²) in [5.41, 5.74) is 0. The summed E-state index contributed by atoms with van der Waals surface area (Å²) < 4.78 is 0. The Morgan fingerprint density at radius 3 is 2.33 bits per heavy atom. The van der Waals surface area contributed by atoms with Crippen molar-refractivity contribution in [1.82, 2.24) is 10.2 Å². The first kappa shape index (κ1) is 15.3. The van der Waals surface area contributed by atoms with Crippen LogP contribution in [0.4, 0.5) is 0 Å². The van der Waals surface area contributed by atoms with Crippen molar-refractivity contribution in [2.75, 3.05) is 13.1 Å². The quantitative estimate of drug-likeness (QED) is 0.863. The zero-order valence-electron chi connectivity index (χ0n) is 13.8. The highest BCUT2D eigenvalue weighted by molar-refractivity contribution is 5.81. The minimum absolute atomic E-state index is 0.0165. The first-order chi connectivity index (χ1) is 10.1. The van der Waals surface area contributed by atoms with Gasteiger partial charge in [0.25, 0.3) is 0 Å². The van der Waals surface area contributed by atoms with Gasteiger partial charge in [-0.15, -0.1) is 0 Å². The molecule has 5 unspecified atom stereocenters. The van der Waals surface area contributed by atoms with Crippen molar-refractivity contribution in [3.8, 4) is 0 Å². The van der Waals surface area contributed by atoms with Gasteiger partial charge in [0, 0.05) is 19.1 Å². The second-order valence-electron chi connectivity index (χ2n) is 7.76. The molecule has 1 aliphatic heterocycles. The van der Waals surface area contributed by atoms with Gasteiger partial charge in [0.2, 0.25) is 5.91 Å². The van der Waals surface area contributed by atoms with Crippen molar-refractivity contribution < 1.29 is 4.79 Å². The molecule has 120 valence electrons. The maximum Gasteiger partial charge on any atom is 0.239 e. The summed E-state index contributed by atoms with van der Waals surface area (Å²) in [5, 5.41) is 3.63. The molecule has 3 nitrogen and oxygen atoms in total. The van der Waals surface area contributed by atoms with Crippen LogP contribution in [0.25, 0.3) is 0 Å². The Labute approximate surface area is 129 Å². The second-order valence-corrected chi connectivity index (χ2v) is 7.76. The maximum atomic E-state index is 12.6. The molecule has 0 radical (unpaired) electrons. The third-order valence-corrected chi connectivity index (χ3v) is 6.24. The van der Waals surface area contributed by atoms with Gasteiger partial charge in [0.15, 0.2) is 0 Å². The van der Waals surface area contributed by atoms with Gasteiger partial charge in [-0.05, 0) is 63.7 Å². The molecule has 3 rings (SSSR count). The fraction of sp³-hybridized carbons (Fsp3) is 0.944. The number of amides is 1. The predicted molar refractivity (Wildman–Crippen MR) is 86.0 cm³/mol. The molecule has 3 aliphatic rings. The Kier molecular flexibility index (Phi) is 4.88. The maximum absolute atomic E-state index is 12.6. The lowest BCUT2D eigenvalue weighted by atomic mass is 9.83. The molecule has 1 heterocycles. The van der Waals surface area contributed by atoms with Crippen molar-refractivity contribution in [3.05, 3.63) is 0 Å². The lowest BCUT2D eigenvalue weighted by Gasteiger charge is -2.32. The molecule has 0 spiro atoms. The van der Waals surface area contributed by atoms with E-state index in [9.17, 15) is 4.79 Å². The van der Waals surface area contributed by atoms with E-state index < -0.39 is 0 Å². The summed E-state index contributed by atoms with van der Waals surface area (Å²) >= 11 is 0. The summed E-state index contributed by atoms with van der Waals surface area (Å²) in [5.74, 6) is 3.05. The van der Waals surface area contributed by atoms with E-state index in [4.69, 9.17) is 0 Å². The highest BCUT2D eigenvalue weighted by Crippen LogP contribution is 2.49. The summed E-state index contributed by atoms with van der Waals surface area (Å²) in [6.07, 6.45) is 10.7. The summed E-state index contributed by atoms with van der Waals surface area (Å²) in [4.78, 5) is 14.7. The number of rotatable bonds is 4. The van der Waals surface area contributed by atoms with Gasteiger partial charge < -0.3 is 10.2 Å². The lowest BCUT2D eigenvalue weighted by molar-refractivity contribution is -0.133. The Bertz CT molecular complexity index is 362. The van der Waals surface area contributed by atoms with Crippen LogP contribution >= 0.6 is 0 Å². The van der Waals surface area contributed by atoms with Gasteiger partial charge in [-0.25, -0.2) is 0 Å². The number of hydrogen-bond acceptors (Lipinski definition) is 2. The Hall–Kier alpha value is -0.570. The zero-order valence-corrected chi connectivity index (χ0v) is 13.8. The van der Waals surface area contributed by atoms with Crippen LogP contribution in [-0.4, -0.2) is 36.0 Å². The minimum atomic E-state index is -0.0165. The number of carbonyl (C=O) groups is 1. The standard InChI is InChI=1S/C18H32N2O/c1-13(17-12-15-7-8-16(17)11-15)19-14(2)18(21)20-9-5-3-4-6-10-20/h13-17,19H,3-12H2,1-2H3. The second kappa shape index (κ2) is 6.68. The fourth-order valence-corrected chi connectivity index (χ4v) is 5.06. The van der Waals surface area contributed by atoms with E-state index in [1.165, 1.54) is 51.4 Å². The Balaban J connectivity index is 1.50. The molecule has 2 bridgehead atoms. The van der Waals surface area contributed by atoms with Crippen LogP contribution < -0.4 is 5.32 Å². The van der Waals surface area contributed by atoms with Crippen molar-refractivity contribution in [1.29, 1.82) is 0 Å². The molecular weight excluding hydrogens is 260 g/mol. The van der Waals surface area contributed by atoms with Crippen molar-refractivity contribution in [3.63, 3.8) is 0 Å². The van der Waals surface area contributed by atoms with E-state index in [1.54, 1.807) is 0 Å².